The van der Waals surface area contributed by atoms with Crippen LogP contribution in [0.3, 0.4) is 0 Å². The Kier molecular flexibility index (Phi) is 11.8. The summed E-state index contributed by atoms with van der Waals surface area (Å²) in [6.45, 7) is 12.3. The van der Waals surface area contributed by atoms with E-state index in [9.17, 15) is 27.6 Å². The van der Waals surface area contributed by atoms with Gasteiger partial charge < -0.3 is 29.7 Å². The van der Waals surface area contributed by atoms with Gasteiger partial charge in [-0.15, -0.1) is 6.58 Å². The molecule has 3 N–H and O–H groups in total. The molecule has 5 atom stereocenters. The summed E-state index contributed by atoms with van der Waals surface area (Å²) in [7, 11) is -0.163. The van der Waals surface area contributed by atoms with Crippen molar-refractivity contribution in [1.82, 2.24) is 29.5 Å². The number of benzene rings is 2. The van der Waals surface area contributed by atoms with E-state index in [4.69, 9.17) is 19.2 Å². The summed E-state index contributed by atoms with van der Waals surface area (Å²) < 4.78 is 46.1. The lowest BCUT2D eigenvalue weighted by Crippen LogP contribution is -2.60. The van der Waals surface area contributed by atoms with Crippen LogP contribution in [0.15, 0.2) is 67.3 Å². The molecule has 296 valence electrons. The van der Waals surface area contributed by atoms with E-state index in [0.717, 1.165) is 9.87 Å². The summed E-state index contributed by atoms with van der Waals surface area (Å²) in [4.78, 5) is 61.1. The van der Waals surface area contributed by atoms with Crippen LogP contribution in [-0.2, 0) is 29.3 Å². The Hall–Kier alpha value is -5.22. The number of amides is 4. The molecule has 2 aromatic carbocycles. The van der Waals surface area contributed by atoms with Crippen LogP contribution >= 0.6 is 0 Å². The smallest absolute Gasteiger partial charge is 0.407 e. The predicted molar refractivity (Wildman–Crippen MR) is 206 cm³/mol. The van der Waals surface area contributed by atoms with Crippen molar-refractivity contribution in [2.45, 2.75) is 77.2 Å². The molecule has 1 aliphatic carbocycles. The minimum atomic E-state index is -4.25. The number of carbonyl (C=O) groups is 4. The fourth-order valence-electron chi connectivity index (χ4n) is 6.60. The number of nitrogens with one attached hydrogen (secondary N) is 3. The van der Waals surface area contributed by atoms with Gasteiger partial charge in [0, 0.05) is 48.5 Å². The first-order valence-electron chi connectivity index (χ1n) is 18.0. The van der Waals surface area contributed by atoms with Gasteiger partial charge in [0.2, 0.25) is 11.8 Å². The van der Waals surface area contributed by atoms with E-state index in [1.807, 2.05) is 36.4 Å². The van der Waals surface area contributed by atoms with Crippen molar-refractivity contribution in [3.63, 3.8) is 0 Å². The first-order valence-corrected chi connectivity index (χ1v) is 19.4. The fraction of sp³-hybridized carbons (Fsp3) is 0.462. The maximum absolute atomic E-state index is 14.5. The Morgan fingerprint density at radius 2 is 1.76 bits per heavy atom. The van der Waals surface area contributed by atoms with E-state index in [1.165, 1.54) is 25.1 Å². The highest BCUT2D eigenvalue weighted by Gasteiger charge is 2.61. The van der Waals surface area contributed by atoms with Crippen molar-refractivity contribution in [2.24, 2.45) is 11.3 Å². The zero-order valence-corrected chi connectivity index (χ0v) is 33.2. The normalized spacial score (nSPS) is 21.5. The van der Waals surface area contributed by atoms with Crippen molar-refractivity contribution < 1.29 is 41.8 Å². The van der Waals surface area contributed by atoms with Gasteiger partial charge in [0.25, 0.3) is 5.91 Å². The Morgan fingerprint density at radius 3 is 2.35 bits per heavy atom. The molecule has 1 saturated heterocycles. The summed E-state index contributed by atoms with van der Waals surface area (Å²) in [6, 6.07) is 14.0. The summed E-state index contributed by atoms with van der Waals surface area (Å²) in [6.07, 6.45) is 0.000459. The van der Waals surface area contributed by atoms with Crippen molar-refractivity contribution >= 4 is 44.9 Å². The number of pyridine rings is 1. The van der Waals surface area contributed by atoms with Crippen molar-refractivity contribution in [2.75, 3.05) is 27.8 Å². The predicted octanol–water partition coefficient (Wildman–Crippen LogP) is 3.79. The van der Waals surface area contributed by atoms with E-state index >= 15 is 0 Å². The van der Waals surface area contributed by atoms with Gasteiger partial charge in [-0.3, -0.25) is 14.4 Å². The number of rotatable bonds is 13. The maximum atomic E-state index is 14.5. The SMILES string of the molecule is C=CC1C[C@]1(NC(=O)[C@@H]1C[C@@H](Oc2cc(-c3ccccc3)nc3cc(OC)ccc23)CN1C(=O)[C@@H](NC(=O)OC)C(C)(C)C)C(=O)NS(=O)(=O)N(C)C(C)C. The molecule has 0 bridgehead atoms. The van der Waals surface area contributed by atoms with Crippen LogP contribution in [0.5, 0.6) is 11.5 Å². The van der Waals surface area contributed by atoms with Gasteiger partial charge in [-0.2, -0.15) is 12.7 Å². The third-order valence-electron chi connectivity index (χ3n) is 10.1. The van der Waals surface area contributed by atoms with Crippen LogP contribution in [0.4, 0.5) is 4.79 Å². The zero-order chi connectivity index (χ0) is 40.5. The van der Waals surface area contributed by atoms with E-state index in [1.54, 1.807) is 59.9 Å². The van der Waals surface area contributed by atoms with Crippen molar-refractivity contribution in [1.29, 1.82) is 0 Å². The molecule has 15 nitrogen and oxygen atoms in total. The van der Waals surface area contributed by atoms with Gasteiger partial charge in [-0.05, 0) is 37.8 Å². The highest BCUT2D eigenvalue weighted by molar-refractivity contribution is 7.87. The van der Waals surface area contributed by atoms with Crippen LogP contribution in [0, 0.1) is 11.3 Å². The summed E-state index contributed by atoms with van der Waals surface area (Å²) in [5, 5.41) is 6.06. The molecule has 4 amide bonds. The molecule has 3 aromatic rings. The van der Waals surface area contributed by atoms with Crippen molar-refractivity contribution in [3.8, 4) is 22.8 Å². The number of fused-ring (bicyclic) bond motifs is 1. The molecule has 1 saturated carbocycles. The lowest BCUT2D eigenvalue weighted by atomic mass is 9.85. The number of likely N-dealkylation sites (tertiary alicyclic amines) is 1. The second-order valence-corrected chi connectivity index (χ2v) is 17.0. The molecule has 1 aliphatic heterocycles. The number of aromatic nitrogens is 1. The molecular weight excluding hydrogens is 729 g/mol. The molecule has 5 rings (SSSR count). The quantitative estimate of drug-likeness (QED) is 0.216. The molecule has 2 aliphatic rings. The molecule has 55 heavy (non-hydrogen) atoms. The number of methoxy groups -OCH3 is 2. The molecule has 2 heterocycles. The first kappa shape index (κ1) is 41.0. The van der Waals surface area contributed by atoms with E-state index in [-0.39, 0.29) is 19.4 Å². The number of hydrogen-bond donors (Lipinski definition) is 3. The highest BCUT2D eigenvalue weighted by Crippen LogP contribution is 2.45. The Bertz CT molecular complexity index is 2070. The standard InChI is InChI=1S/C39H50N6O9S/c1-10-25-21-39(25,36(48)43-55(50,51)44(7)23(2)3)42-34(46)31-19-27(22-45(31)35(47)33(38(4,5)6)41-37(49)53-9)54-32-20-29(24-14-12-11-13-15-24)40-30-18-26(52-8)16-17-28(30)32/h10-18,20,23,25,27,31,33H,1,19,21-22H2,2-9H3,(H,41,49)(H,42,46)(H,43,48)/t25?,27-,31+,33-,39-/m1/s1. The van der Waals surface area contributed by atoms with Gasteiger partial charge >= 0.3 is 16.3 Å². The fourth-order valence-corrected chi connectivity index (χ4v) is 7.71. The number of ether oxygens (including phenoxy) is 3. The Balaban J connectivity index is 1.51. The number of carbonyl (C=O) groups excluding carboxylic acids is 4. The lowest BCUT2D eigenvalue weighted by molar-refractivity contribution is -0.142. The minimum absolute atomic E-state index is 0.00184. The lowest BCUT2D eigenvalue weighted by Gasteiger charge is -2.35. The second kappa shape index (κ2) is 15.9. The van der Waals surface area contributed by atoms with Gasteiger partial charge in [0.15, 0.2) is 0 Å². The number of hydrogen-bond acceptors (Lipinski definition) is 10. The maximum Gasteiger partial charge on any atom is 0.407 e. The minimum Gasteiger partial charge on any atom is -0.497 e. The van der Waals surface area contributed by atoms with Crippen LogP contribution in [0.1, 0.15) is 47.5 Å². The van der Waals surface area contributed by atoms with Gasteiger partial charge in [0.05, 0.1) is 32.0 Å². The zero-order valence-electron chi connectivity index (χ0n) is 32.4. The first-order chi connectivity index (χ1) is 25.8. The molecule has 16 heteroatoms. The molecule has 0 spiro atoms. The highest BCUT2D eigenvalue weighted by atomic mass is 32.2. The van der Waals surface area contributed by atoms with Crippen LogP contribution in [0.25, 0.3) is 22.2 Å². The molecule has 1 aromatic heterocycles. The Morgan fingerprint density at radius 1 is 1.07 bits per heavy atom. The van der Waals surface area contributed by atoms with E-state index in [0.29, 0.717) is 28.1 Å². The molecule has 2 fully saturated rings. The molecule has 0 radical (unpaired) electrons. The largest absolute Gasteiger partial charge is 0.497 e. The van der Waals surface area contributed by atoms with Crippen molar-refractivity contribution in [3.05, 3.63) is 67.3 Å². The average molecular weight is 779 g/mol. The number of alkyl carbamates (subject to hydrolysis) is 1. The van der Waals surface area contributed by atoms with Gasteiger partial charge in [-0.1, -0.05) is 57.2 Å². The second-order valence-electron chi connectivity index (χ2n) is 15.2. The molecule has 1 unspecified atom stereocenters. The Labute approximate surface area is 321 Å². The topological polar surface area (TPSA) is 186 Å². The van der Waals surface area contributed by atoms with Crippen LogP contribution in [0.2, 0.25) is 0 Å². The summed E-state index contributed by atoms with van der Waals surface area (Å²) >= 11 is 0. The average Bonchev–Trinajstić information content (AvgIpc) is 3.71. The van der Waals surface area contributed by atoms with E-state index < -0.39 is 75.1 Å². The van der Waals surface area contributed by atoms with E-state index in [2.05, 4.69) is 21.9 Å². The van der Waals surface area contributed by atoms with Crippen LogP contribution in [-0.4, -0.2) is 104 Å². The molecular formula is C39H50N6O9S. The monoisotopic (exact) mass is 778 g/mol. The third kappa shape index (κ3) is 8.70. The van der Waals surface area contributed by atoms with Gasteiger partial charge in [0.1, 0.15) is 35.2 Å². The summed E-state index contributed by atoms with van der Waals surface area (Å²) in [5.41, 5.74) is -0.386. The summed E-state index contributed by atoms with van der Waals surface area (Å²) in [5.74, 6) is -1.73. The van der Waals surface area contributed by atoms with Gasteiger partial charge in [-0.25, -0.2) is 14.5 Å². The third-order valence-corrected chi connectivity index (χ3v) is 11.8. The van der Waals surface area contributed by atoms with Crippen LogP contribution < -0.4 is 24.8 Å². The number of nitrogens with zero attached hydrogens (tertiary/aromatic N) is 3.